The van der Waals surface area contributed by atoms with Gasteiger partial charge in [0.25, 0.3) is 0 Å². The summed E-state index contributed by atoms with van der Waals surface area (Å²) in [4.78, 5) is 8.01. The number of fused-ring (bicyclic) bond motifs is 1. The third kappa shape index (κ3) is 2.70. The first-order valence-electron chi connectivity index (χ1n) is 4.93. The van der Waals surface area contributed by atoms with E-state index in [1.165, 1.54) is 0 Å². The Hall–Kier alpha value is -1.26. The van der Waals surface area contributed by atoms with E-state index in [1.807, 2.05) is 0 Å². The predicted octanol–water partition coefficient (Wildman–Crippen LogP) is 2.91. The second-order valence-electron chi connectivity index (χ2n) is 3.24. The lowest BCUT2D eigenvalue weighted by Crippen LogP contribution is -2.00. The number of nitrogens with zero attached hydrogens (tertiary/aromatic N) is 2. The van der Waals surface area contributed by atoms with Crippen molar-refractivity contribution >= 4 is 34.1 Å². The van der Waals surface area contributed by atoms with Gasteiger partial charge < -0.3 is 9.47 Å². The molecule has 0 N–H and O–H groups in total. The lowest BCUT2D eigenvalue weighted by molar-refractivity contribution is 0.313. The highest BCUT2D eigenvalue weighted by molar-refractivity contribution is 6.28. The molecule has 0 atom stereocenters. The average Bonchev–Trinajstić information content (AvgIpc) is 2.35. The van der Waals surface area contributed by atoms with Crippen LogP contribution in [0.3, 0.4) is 0 Å². The van der Waals surface area contributed by atoms with Gasteiger partial charge in [0.2, 0.25) is 5.28 Å². The largest absolute Gasteiger partial charge is 0.493 e. The van der Waals surface area contributed by atoms with Crippen LogP contribution in [-0.2, 0) is 0 Å². The molecular formula is C11H10Cl2N2O2. The minimum Gasteiger partial charge on any atom is -0.493 e. The normalized spacial score (nSPS) is 10.5. The third-order valence-corrected chi connectivity index (χ3v) is 2.51. The Kier molecular flexibility index (Phi) is 3.86. The molecule has 6 heteroatoms. The summed E-state index contributed by atoms with van der Waals surface area (Å²) in [6, 6.07) is 3.56. The van der Waals surface area contributed by atoms with Crippen molar-refractivity contribution in [2.75, 3.05) is 19.6 Å². The van der Waals surface area contributed by atoms with E-state index in [4.69, 9.17) is 32.7 Å². The fourth-order valence-corrected chi connectivity index (χ4v) is 1.65. The SMILES string of the molecule is COc1cc2nc(Cl)ncc2cc1OCCCl. The molecule has 90 valence electrons. The Morgan fingerprint density at radius 3 is 2.82 bits per heavy atom. The van der Waals surface area contributed by atoms with Crippen LogP contribution in [-0.4, -0.2) is 29.6 Å². The highest BCUT2D eigenvalue weighted by Crippen LogP contribution is 2.31. The van der Waals surface area contributed by atoms with E-state index in [1.54, 1.807) is 25.4 Å². The van der Waals surface area contributed by atoms with Gasteiger partial charge in [-0.05, 0) is 17.7 Å². The minimum absolute atomic E-state index is 0.203. The van der Waals surface area contributed by atoms with Crippen LogP contribution in [0, 0.1) is 0 Å². The number of hydrogen-bond acceptors (Lipinski definition) is 4. The lowest BCUT2D eigenvalue weighted by atomic mass is 10.2. The van der Waals surface area contributed by atoms with Gasteiger partial charge in [-0.2, -0.15) is 0 Å². The van der Waals surface area contributed by atoms with E-state index >= 15 is 0 Å². The summed E-state index contributed by atoms with van der Waals surface area (Å²) in [5.74, 6) is 1.63. The summed E-state index contributed by atoms with van der Waals surface area (Å²) in [5.41, 5.74) is 0.708. The van der Waals surface area contributed by atoms with Gasteiger partial charge in [0.05, 0.1) is 18.5 Å². The van der Waals surface area contributed by atoms with Gasteiger partial charge in [-0.3, -0.25) is 0 Å². The minimum atomic E-state index is 0.203. The van der Waals surface area contributed by atoms with Gasteiger partial charge >= 0.3 is 0 Å². The standard InChI is InChI=1S/C11H10Cl2N2O2/c1-16-9-5-8-7(6-14-11(13)15-8)4-10(9)17-3-2-12/h4-6H,2-3H2,1H3. The van der Waals surface area contributed by atoms with Gasteiger partial charge in [-0.25, -0.2) is 9.97 Å². The third-order valence-electron chi connectivity index (χ3n) is 2.17. The lowest BCUT2D eigenvalue weighted by Gasteiger charge is -2.10. The van der Waals surface area contributed by atoms with Crippen LogP contribution in [0.2, 0.25) is 5.28 Å². The van der Waals surface area contributed by atoms with E-state index in [9.17, 15) is 0 Å². The van der Waals surface area contributed by atoms with Crippen molar-refractivity contribution in [1.82, 2.24) is 9.97 Å². The molecule has 0 bridgehead atoms. The second-order valence-corrected chi connectivity index (χ2v) is 3.95. The summed E-state index contributed by atoms with van der Waals surface area (Å²) in [6.07, 6.45) is 1.64. The van der Waals surface area contributed by atoms with Crippen molar-refractivity contribution in [2.24, 2.45) is 0 Å². The molecule has 0 radical (unpaired) electrons. The zero-order valence-corrected chi connectivity index (χ0v) is 10.6. The summed E-state index contributed by atoms with van der Waals surface area (Å²) in [5, 5.41) is 1.04. The Balaban J connectivity index is 2.48. The maximum absolute atomic E-state index is 5.73. The number of rotatable bonds is 4. The molecular weight excluding hydrogens is 263 g/mol. The van der Waals surface area contributed by atoms with E-state index in [-0.39, 0.29) is 5.28 Å². The highest BCUT2D eigenvalue weighted by Gasteiger charge is 2.08. The molecule has 0 spiro atoms. The zero-order valence-electron chi connectivity index (χ0n) is 9.11. The summed E-state index contributed by atoms with van der Waals surface area (Å²) < 4.78 is 10.7. The monoisotopic (exact) mass is 272 g/mol. The topological polar surface area (TPSA) is 44.2 Å². The first kappa shape index (κ1) is 12.2. The molecule has 0 aliphatic heterocycles. The van der Waals surface area contributed by atoms with Crippen LogP contribution < -0.4 is 9.47 Å². The summed E-state index contributed by atoms with van der Waals surface area (Å²) in [6.45, 7) is 0.415. The summed E-state index contributed by atoms with van der Waals surface area (Å²) in [7, 11) is 1.57. The van der Waals surface area contributed by atoms with Crippen LogP contribution in [0.15, 0.2) is 18.3 Å². The second kappa shape index (κ2) is 5.38. The van der Waals surface area contributed by atoms with Crippen LogP contribution in [0.4, 0.5) is 0 Å². The van der Waals surface area contributed by atoms with Crippen molar-refractivity contribution in [3.05, 3.63) is 23.6 Å². The Morgan fingerprint density at radius 2 is 2.12 bits per heavy atom. The number of aromatic nitrogens is 2. The Bertz CT molecular complexity index is 534. The maximum Gasteiger partial charge on any atom is 0.222 e. The van der Waals surface area contributed by atoms with Crippen molar-refractivity contribution in [3.63, 3.8) is 0 Å². The quantitative estimate of drug-likeness (QED) is 0.634. The predicted molar refractivity (Wildman–Crippen MR) is 67.3 cm³/mol. The van der Waals surface area contributed by atoms with Gasteiger partial charge in [-0.15, -0.1) is 11.6 Å². The van der Waals surface area contributed by atoms with Gasteiger partial charge in [0, 0.05) is 17.6 Å². The number of halogens is 2. The molecule has 0 saturated heterocycles. The Morgan fingerprint density at radius 1 is 1.29 bits per heavy atom. The van der Waals surface area contributed by atoms with Crippen LogP contribution >= 0.6 is 23.2 Å². The van der Waals surface area contributed by atoms with E-state index < -0.39 is 0 Å². The van der Waals surface area contributed by atoms with Crippen molar-refractivity contribution in [2.45, 2.75) is 0 Å². The molecule has 1 aromatic heterocycles. The summed E-state index contributed by atoms with van der Waals surface area (Å²) >= 11 is 11.3. The van der Waals surface area contributed by atoms with Gasteiger partial charge in [0.15, 0.2) is 11.5 Å². The number of ether oxygens (including phenoxy) is 2. The fourth-order valence-electron chi connectivity index (χ4n) is 1.44. The van der Waals surface area contributed by atoms with Crippen molar-refractivity contribution in [3.8, 4) is 11.5 Å². The van der Waals surface area contributed by atoms with E-state index in [0.29, 0.717) is 29.5 Å². The molecule has 2 aromatic rings. The van der Waals surface area contributed by atoms with Gasteiger partial charge in [0.1, 0.15) is 6.61 Å². The van der Waals surface area contributed by atoms with Gasteiger partial charge in [-0.1, -0.05) is 0 Å². The maximum atomic E-state index is 5.73. The smallest absolute Gasteiger partial charge is 0.222 e. The number of alkyl halides is 1. The number of methoxy groups -OCH3 is 1. The van der Waals surface area contributed by atoms with Crippen LogP contribution in [0.25, 0.3) is 10.9 Å². The molecule has 1 aromatic carbocycles. The van der Waals surface area contributed by atoms with Crippen LogP contribution in [0.1, 0.15) is 0 Å². The highest BCUT2D eigenvalue weighted by atomic mass is 35.5. The molecule has 0 fully saturated rings. The first-order chi connectivity index (χ1) is 8.24. The molecule has 0 aliphatic carbocycles. The molecule has 0 saturated carbocycles. The van der Waals surface area contributed by atoms with Crippen molar-refractivity contribution < 1.29 is 9.47 Å². The molecule has 17 heavy (non-hydrogen) atoms. The first-order valence-corrected chi connectivity index (χ1v) is 5.85. The number of hydrogen-bond donors (Lipinski definition) is 0. The average molecular weight is 273 g/mol. The molecule has 4 nitrogen and oxygen atoms in total. The van der Waals surface area contributed by atoms with Crippen molar-refractivity contribution in [1.29, 1.82) is 0 Å². The van der Waals surface area contributed by atoms with E-state index in [0.717, 1.165) is 5.39 Å². The molecule has 2 rings (SSSR count). The molecule has 1 heterocycles. The molecule has 0 unspecified atom stereocenters. The fraction of sp³-hybridized carbons (Fsp3) is 0.273. The number of benzene rings is 1. The van der Waals surface area contributed by atoms with E-state index in [2.05, 4.69) is 9.97 Å². The Labute approximate surface area is 108 Å². The molecule has 0 amide bonds. The zero-order chi connectivity index (χ0) is 12.3. The molecule has 0 aliphatic rings. The van der Waals surface area contributed by atoms with Crippen LogP contribution in [0.5, 0.6) is 11.5 Å².